The zero-order valence-corrected chi connectivity index (χ0v) is 9.92. The Morgan fingerprint density at radius 3 is 2.64 bits per heavy atom. The predicted octanol–water partition coefficient (Wildman–Crippen LogP) is 1.22. The number of nitrogens with zero attached hydrogens (tertiary/aromatic N) is 1. The molecule has 2 N–H and O–H groups in total. The van der Waals surface area contributed by atoms with Crippen molar-refractivity contribution in [3.63, 3.8) is 0 Å². The summed E-state index contributed by atoms with van der Waals surface area (Å²) in [7, 11) is 1.77. The van der Waals surface area contributed by atoms with Crippen molar-refractivity contribution in [1.82, 2.24) is 4.90 Å². The molecule has 2 atom stereocenters. The first-order chi connectivity index (χ1) is 6.47. The molecular formula is C11H24N2O. The van der Waals surface area contributed by atoms with Crippen molar-refractivity contribution in [2.24, 2.45) is 5.73 Å². The summed E-state index contributed by atoms with van der Waals surface area (Å²) in [5, 5.41) is 0. The average molecular weight is 200 g/mol. The van der Waals surface area contributed by atoms with Gasteiger partial charge in [0.15, 0.2) is 0 Å². The molecule has 1 saturated heterocycles. The van der Waals surface area contributed by atoms with Crippen LogP contribution >= 0.6 is 0 Å². The minimum Gasteiger partial charge on any atom is -0.383 e. The third-order valence-electron chi connectivity index (χ3n) is 3.19. The molecule has 0 saturated carbocycles. The van der Waals surface area contributed by atoms with Gasteiger partial charge in [0.05, 0.1) is 6.61 Å². The fourth-order valence-corrected chi connectivity index (χ4v) is 2.54. The predicted molar refractivity (Wildman–Crippen MR) is 59.3 cm³/mol. The van der Waals surface area contributed by atoms with Gasteiger partial charge in [0, 0.05) is 31.3 Å². The van der Waals surface area contributed by atoms with E-state index in [2.05, 4.69) is 25.7 Å². The minimum atomic E-state index is 0.133. The van der Waals surface area contributed by atoms with E-state index in [4.69, 9.17) is 10.5 Å². The Morgan fingerprint density at radius 2 is 2.14 bits per heavy atom. The van der Waals surface area contributed by atoms with Crippen molar-refractivity contribution in [2.75, 3.05) is 20.3 Å². The summed E-state index contributed by atoms with van der Waals surface area (Å²) in [5.74, 6) is 0. The molecule has 0 amide bonds. The van der Waals surface area contributed by atoms with Gasteiger partial charge in [-0.3, -0.25) is 4.90 Å². The SMILES string of the molecule is COCC(C)(C)N1CCC(N)CC1C. The lowest BCUT2D eigenvalue weighted by atomic mass is 9.92. The highest BCUT2D eigenvalue weighted by molar-refractivity contribution is 4.90. The standard InChI is InChI=1S/C11H24N2O/c1-9-7-10(12)5-6-13(9)11(2,3)8-14-4/h9-10H,5-8,12H2,1-4H3. The maximum Gasteiger partial charge on any atom is 0.0641 e. The molecular weight excluding hydrogens is 176 g/mol. The van der Waals surface area contributed by atoms with Gasteiger partial charge in [-0.15, -0.1) is 0 Å². The van der Waals surface area contributed by atoms with E-state index in [1.807, 2.05) is 0 Å². The van der Waals surface area contributed by atoms with Crippen LogP contribution < -0.4 is 5.73 Å². The van der Waals surface area contributed by atoms with Crippen molar-refractivity contribution in [2.45, 2.75) is 51.2 Å². The Kier molecular flexibility index (Phi) is 3.93. The molecule has 0 aromatic heterocycles. The molecule has 84 valence electrons. The Balaban J connectivity index is 2.58. The molecule has 0 spiro atoms. The number of piperidine rings is 1. The van der Waals surface area contributed by atoms with Gasteiger partial charge >= 0.3 is 0 Å². The first-order valence-electron chi connectivity index (χ1n) is 5.48. The van der Waals surface area contributed by atoms with Crippen LogP contribution in [0.5, 0.6) is 0 Å². The van der Waals surface area contributed by atoms with E-state index in [0.717, 1.165) is 26.0 Å². The van der Waals surface area contributed by atoms with E-state index in [0.29, 0.717) is 12.1 Å². The molecule has 1 aliphatic heterocycles. The third-order valence-corrected chi connectivity index (χ3v) is 3.19. The van der Waals surface area contributed by atoms with Crippen molar-refractivity contribution in [1.29, 1.82) is 0 Å². The fraction of sp³-hybridized carbons (Fsp3) is 1.00. The van der Waals surface area contributed by atoms with Gasteiger partial charge < -0.3 is 10.5 Å². The van der Waals surface area contributed by atoms with Gasteiger partial charge in [0.1, 0.15) is 0 Å². The monoisotopic (exact) mass is 200 g/mol. The summed E-state index contributed by atoms with van der Waals surface area (Å²) in [6.07, 6.45) is 2.21. The molecule has 0 aromatic carbocycles. The number of ether oxygens (including phenoxy) is 1. The van der Waals surface area contributed by atoms with E-state index in [9.17, 15) is 0 Å². The van der Waals surface area contributed by atoms with E-state index in [1.54, 1.807) is 7.11 Å². The lowest BCUT2D eigenvalue weighted by molar-refractivity contribution is -0.00955. The number of nitrogens with two attached hydrogens (primary N) is 1. The Bertz CT molecular complexity index is 182. The number of methoxy groups -OCH3 is 1. The number of hydrogen-bond acceptors (Lipinski definition) is 3. The van der Waals surface area contributed by atoms with Crippen LogP contribution in [-0.2, 0) is 4.74 Å². The van der Waals surface area contributed by atoms with Crippen LogP contribution in [0.4, 0.5) is 0 Å². The smallest absolute Gasteiger partial charge is 0.0641 e. The highest BCUT2D eigenvalue weighted by Crippen LogP contribution is 2.25. The summed E-state index contributed by atoms with van der Waals surface area (Å²) in [6, 6.07) is 0.962. The van der Waals surface area contributed by atoms with Crippen LogP contribution in [0.2, 0.25) is 0 Å². The normalized spacial score (nSPS) is 30.6. The van der Waals surface area contributed by atoms with Gasteiger partial charge in [0.25, 0.3) is 0 Å². The lowest BCUT2D eigenvalue weighted by Crippen LogP contribution is -2.56. The summed E-state index contributed by atoms with van der Waals surface area (Å²) < 4.78 is 5.26. The Labute approximate surface area is 87.6 Å². The first kappa shape index (κ1) is 12.0. The average Bonchev–Trinajstić information content (AvgIpc) is 2.02. The van der Waals surface area contributed by atoms with Gasteiger partial charge in [0.2, 0.25) is 0 Å². The zero-order chi connectivity index (χ0) is 10.8. The molecule has 1 rings (SSSR count). The molecule has 0 aliphatic carbocycles. The minimum absolute atomic E-state index is 0.133. The van der Waals surface area contributed by atoms with Crippen LogP contribution in [0.15, 0.2) is 0 Å². The maximum absolute atomic E-state index is 5.95. The van der Waals surface area contributed by atoms with E-state index < -0.39 is 0 Å². The molecule has 0 radical (unpaired) electrons. The zero-order valence-electron chi connectivity index (χ0n) is 9.92. The van der Waals surface area contributed by atoms with Gasteiger partial charge in [-0.2, -0.15) is 0 Å². The summed E-state index contributed by atoms with van der Waals surface area (Å²) in [4.78, 5) is 2.51. The summed E-state index contributed by atoms with van der Waals surface area (Å²) in [5.41, 5.74) is 6.08. The topological polar surface area (TPSA) is 38.5 Å². The molecule has 2 unspecified atom stereocenters. The van der Waals surface area contributed by atoms with Crippen LogP contribution in [0, 0.1) is 0 Å². The van der Waals surface area contributed by atoms with Crippen molar-refractivity contribution >= 4 is 0 Å². The second-order valence-electron chi connectivity index (χ2n) is 5.07. The highest BCUT2D eigenvalue weighted by Gasteiger charge is 2.34. The van der Waals surface area contributed by atoms with Gasteiger partial charge in [-0.05, 0) is 33.6 Å². The quantitative estimate of drug-likeness (QED) is 0.744. The van der Waals surface area contributed by atoms with Crippen LogP contribution in [0.25, 0.3) is 0 Å². The molecule has 3 heteroatoms. The maximum atomic E-state index is 5.95. The van der Waals surface area contributed by atoms with Crippen LogP contribution in [0.1, 0.15) is 33.6 Å². The number of hydrogen-bond donors (Lipinski definition) is 1. The first-order valence-corrected chi connectivity index (χ1v) is 5.48. The van der Waals surface area contributed by atoms with Gasteiger partial charge in [-0.1, -0.05) is 0 Å². The van der Waals surface area contributed by atoms with Crippen molar-refractivity contribution in [3.8, 4) is 0 Å². The van der Waals surface area contributed by atoms with E-state index in [-0.39, 0.29) is 5.54 Å². The van der Waals surface area contributed by atoms with E-state index >= 15 is 0 Å². The Morgan fingerprint density at radius 1 is 1.50 bits per heavy atom. The number of likely N-dealkylation sites (tertiary alicyclic amines) is 1. The molecule has 1 aliphatic rings. The second-order valence-corrected chi connectivity index (χ2v) is 5.07. The highest BCUT2D eigenvalue weighted by atomic mass is 16.5. The molecule has 1 heterocycles. The van der Waals surface area contributed by atoms with Crippen molar-refractivity contribution in [3.05, 3.63) is 0 Å². The summed E-state index contributed by atoms with van der Waals surface area (Å²) >= 11 is 0. The van der Waals surface area contributed by atoms with Crippen LogP contribution in [0.3, 0.4) is 0 Å². The fourth-order valence-electron chi connectivity index (χ4n) is 2.54. The lowest BCUT2D eigenvalue weighted by Gasteiger charge is -2.46. The third kappa shape index (κ3) is 2.69. The molecule has 1 fully saturated rings. The molecule has 0 bridgehead atoms. The van der Waals surface area contributed by atoms with Crippen LogP contribution in [-0.4, -0.2) is 42.8 Å². The largest absolute Gasteiger partial charge is 0.383 e. The molecule has 0 aromatic rings. The van der Waals surface area contributed by atoms with Crippen molar-refractivity contribution < 1.29 is 4.74 Å². The number of rotatable bonds is 3. The second kappa shape index (κ2) is 4.60. The molecule has 14 heavy (non-hydrogen) atoms. The Hall–Kier alpha value is -0.120. The summed E-state index contributed by atoms with van der Waals surface area (Å²) in [6.45, 7) is 8.62. The van der Waals surface area contributed by atoms with Gasteiger partial charge in [-0.25, -0.2) is 0 Å². The molecule has 3 nitrogen and oxygen atoms in total. The van der Waals surface area contributed by atoms with E-state index in [1.165, 1.54) is 0 Å².